The van der Waals surface area contributed by atoms with Crippen LogP contribution in [0, 0.1) is 10.1 Å². The molecule has 0 bridgehead atoms. The molecular formula is C21H16N4O4S. The van der Waals surface area contributed by atoms with E-state index in [0.29, 0.717) is 39.5 Å². The van der Waals surface area contributed by atoms with Crippen molar-refractivity contribution < 1.29 is 14.5 Å². The Kier molecular flexibility index (Phi) is 5.36. The van der Waals surface area contributed by atoms with Crippen molar-refractivity contribution in [2.75, 3.05) is 12.4 Å². The second-order valence-corrected chi connectivity index (χ2v) is 7.37. The number of carbonyl (C=O) groups is 1. The molecule has 0 aliphatic rings. The predicted octanol–water partition coefficient (Wildman–Crippen LogP) is 4.67. The molecular weight excluding hydrogens is 404 g/mol. The summed E-state index contributed by atoms with van der Waals surface area (Å²) in [5.74, 6) is 0.489. The average Bonchev–Trinajstić information content (AvgIpc) is 3.22. The average molecular weight is 420 g/mol. The highest BCUT2D eigenvalue weighted by Crippen LogP contribution is 2.35. The minimum absolute atomic E-state index is 0.000232. The second kappa shape index (κ2) is 8.26. The zero-order chi connectivity index (χ0) is 21.1. The summed E-state index contributed by atoms with van der Waals surface area (Å²) in [5, 5.41) is 15.1. The molecule has 8 nitrogen and oxygen atoms in total. The Bertz CT molecular complexity index is 1220. The van der Waals surface area contributed by atoms with Crippen LogP contribution >= 0.6 is 11.3 Å². The summed E-state index contributed by atoms with van der Waals surface area (Å²) in [7, 11) is 1.32. The van der Waals surface area contributed by atoms with Crippen LogP contribution < -0.4 is 5.32 Å². The normalized spacial score (nSPS) is 10.7. The predicted molar refractivity (Wildman–Crippen MR) is 115 cm³/mol. The summed E-state index contributed by atoms with van der Waals surface area (Å²) < 4.78 is 4.72. The number of methoxy groups -OCH3 is 1. The van der Waals surface area contributed by atoms with E-state index in [-0.39, 0.29) is 5.00 Å². The summed E-state index contributed by atoms with van der Waals surface area (Å²) in [4.78, 5) is 32.1. The maximum absolute atomic E-state index is 11.7. The zero-order valence-corrected chi connectivity index (χ0v) is 16.7. The lowest BCUT2D eigenvalue weighted by molar-refractivity contribution is -0.380. The van der Waals surface area contributed by atoms with Crippen LogP contribution in [0.25, 0.3) is 21.6 Å². The Morgan fingerprint density at radius 2 is 1.87 bits per heavy atom. The highest BCUT2D eigenvalue weighted by Gasteiger charge is 2.18. The molecule has 0 aliphatic heterocycles. The van der Waals surface area contributed by atoms with Gasteiger partial charge in [0, 0.05) is 18.2 Å². The molecule has 4 aromatic rings. The summed E-state index contributed by atoms with van der Waals surface area (Å²) in [6.45, 7) is 0.511. The summed E-state index contributed by atoms with van der Waals surface area (Å²) >= 11 is 0.997. The van der Waals surface area contributed by atoms with Crippen molar-refractivity contribution in [3.05, 3.63) is 81.9 Å². The Morgan fingerprint density at radius 1 is 1.13 bits per heavy atom. The Labute approximate surface area is 175 Å². The number of rotatable bonds is 6. The van der Waals surface area contributed by atoms with Crippen molar-refractivity contribution in [2.45, 2.75) is 6.54 Å². The first-order valence-electron chi connectivity index (χ1n) is 8.97. The molecule has 0 radical (unpaired) electrons. The first kappa shape index (κ1) is 19.5. The van der Waals surface area contributed by atoms with Gasteiger partial charge < -0.3 is 10.1 Å². The largest absolute Gasteiger partial charge is 0.465 e. The molecule has 150 valence electrons. The molecule has 2 aromatic carbocycles. The number of anilines is 1. The molecule has 0 spiro atoms. The van der Waals surface area contributed by atoms with E-state index < -0.39 is 10.9 Å². The van der Waals surface area contributed by atoms with Crippen LogP contribution in [0.5, 0.6) is 0 Å². The van der Waals surface area contributed by atoms with E-state index in [0.717, 1.165) is 16.9 Å². The molecule has 2 aromatic heterocycles. The fraction of sp³-hybridized carbons (Fsp3) is 0.0952. The molecule has 4 rings (SSSR count). The smallest absolute Gasteiger partial charge is 0.337 e. The number of esters is 1. The number of benzene rings is 2. The minimum Gasteiger partial charge on any atom is -0.465 e. The number of carbonyl (C=O) groups excluding carboxylic acids is 1. The van der Waals surface area contributed by atoms with E-state index in [9.17, 15) is 14.9 Å². The third-order valence-corrected chi connectivity index (χ3v) is 5.41. The number of hydrogen-bond acceptors (Lipinski definition) is 8. The zero-order valence-electron chi connectivity index (χ0n) is 15.9. The fourth-order valence-corrected chi connectivity index (χ4v) is 3.76. The van der Waals surface area contributed by atoms with Crippen LogP contribution in [0.3, 0.4) is 0 Å². The molecule has 0 atom stereocenters. The Hall–Kier alpha value is -3.85. The summed E-state index contributed by atoms with van der Waals surface area (Å²) in [5.41, 5.74) is 2.15. The number of fused-ring (bicyclic) bond motifs is 1. The first-order valence-corrected chi connectivity index (χ1v) is 9.79. The summed E-state index contributed by atoms with van der Waals surface area (Å²) in [6, 6.07) is 18.0. The van der Waals surface area contributed by atoms with Gasteiger partial charge in [0.2, 0.25) is 0 Å². The third kappa shape index (κ3) is 3.96. The Morgan fingerprint density at radius 3 is 2.53 bits per heavy atom. The quantitative estimate of drug-likeness (QED) is 0.274. The molecule has 0 aliphatic carbocycles. The maximum Gasteiger partial charge on any atom is 0.337 e. The van der Waals surface area contributed by atoms with Crippen LogP contribution in [0.4, 0.5) is 10.8 Å². The fourth-order valence-electron chi connectivity index (χ4n) is 2.92. The number of nitrogens with zero attached hydrogens (tertiary/aromatic N) is 3. The van der Waals surface area contributed by atoms with E-state index in [1.165, 1.54) is 13.2 Å². The van der Waals surface area contributed by atoms with E-state index in [2.05, 4.69) is 15.3 Å². The van der Waals surface area contributed by atoms with Gasteiger partial charge in [0.05, 0.1) is 23.0 Å². The number of thiophene rings is 1. The van der Waals surface area contributed by atoms with Crippen molar-refractivity contribution >= 4 is 38.3 Å². The standard InChI is InChI=1S/C21H16N4O4S/c1-29-21(26)15-9-7-14(8-10-15)18-23-19(22-12-13-5-3-2-4-6-13)16-11-17(25(27)28)30-20(16)24-18/h2-11H,12H2,1H3,(H,22,23,24). The van der Waals surface area contributed by atoms with Gasteiger partial charge in [0.15, 0.2) is 5.82 Å². The van der Waals surface area contributed by atoms with Crippen molar-refractivity contribution in [1.82, 2.24) is 9.97 Å². The van der Waals surface area contributed by atoms with E-state index in [4.69, 9.17) is 4.74 Å². The second-order valence-electron chi connectivity index (χ2n) is 6.36. The molecule has 0 saturated heterocycles. The van der Waals surface area contributed by atoms with Crippen LogP contribution in [-0.4, -0.2) is 28.0 Å². The maximum atomic E-state index is 11.7. The van der Waals surface area contributed by atoms with Gasteiger partial charge in [-0.25, -0.2) is 14.8 Å². The minimum atomic E-state index is -0.433. The molecule has 0 unspecified atom stereocenters. The van der Waals surface area contributed by atoms with Gasteiger partial charge in [-0.15, -0.1) is 0 Å². The van der Waals surface area contributed by atoms with E-state index in [1.807, 2.05) is 30.3 Å². The number of nitro groups is 1. The van der Waals surface area contributed by atoms with Crippen molar-refractivity contribution in [3.8, 4) is 11.4 Å². The third-order valence-electron chi connectivity index (χ3n) is 4.43. The highest BCUT2D eigenvalue weighted by molar-refractivity contribution is 7.21. The molecule has 9 heteroatoms. The molecule has 0 fully saturated rings. The topological polar surface area (TPSA) is 107 Å². The molecule has 30 heavy (non-hydrogen) atoms. The molecule has 2 heterocycles. The lowest BCUT2D eigenvalue weighted by Gasteiger charge is -2.09. The van der Waals surface area contributed by atoms with Gasteiger partial charge in [-0.3, -0.25) is 10.1 Å². The van der Waals surface area contributed by atoms with Gasteiger partial charge in [0.1, 0.15) is 10.6 Å². The number of hydrogen-bond donors (Lipinski definition) is 1. The van der Waals surface area contributed by atoms with Crippen molar-refractivity contribution in [1.29, 1.82) is 0 Å². The summed E-state index contributed by atoms with van der Waals surface area (Å²) in [6.07, 6.45) is 0. The van der Waals surface area contributed by atoms with Gasteiger partial charge in [-0.2, -0.15) is 0 Å². The highest BCUT2D eigenvalue weighted by atomic mass is 32.1. The van der Waals surface area contributed by atoms with Gasteiger partial charge >= 0.3 is 11.0 Å². The SMILES string of the molecule is COC(=O)c1ccc(-c2nc(NCc3ccccc3)c3cc([N+](=O)[O-])sc3n2)cc1. The number of ether oxygens (including phenoxy) is 1. The van der Waals surface area contributed by atoms with Gasteiger partial charge in [-0.05, 0) is 29.0 Å². The first-order chi connectivity index (χ1) is 14.5. The van der Waals surface area contributed by atoms with Crippen molar-refractivity contribution in [2.24, 2.45) is 0 Å². The molecule has 0 amide bonds. The monoisotopic (exact) mass is 420 g/mol. The van der Waals surface area contributed by atoms with Crippen LogP contribution in [0.15, 0.2) is 60.7 Å². The number of nitrogens with one attached hydrogen (secondary N) is 1. The lowest BCUT2D eigenvalue weighted by Crippen LogP contribution is -2.04. The van der Waals surface area contributed by atoms with Gasteiger partial charge in [0.25, 0.3) is 0 Å². The van der Waals surface area contributed by atoms with Crippen LogP contribution in [-0.2, 0) is 11.3 Å². The van der Waals surface area contributed by atoms with Gasteiger partial charge in [-0.1, -0.05) is 42.5 Å². The lowest BCUT2D eigenvalue weighted by atomic mass is 10.1. The van der Waals surface area contributed by atoms with E-state index >= 15 is 0 Å². The molecule has 1 N–H and O–H groups in total. The van der Waals surface area contributed by atoms with E-state index in [1.54, 1.807) is 24.3 Å². The van der Waals surface area contributed by atoms with Crippen molar-refractivity contribution in [3.63, 3.8) is 0 Å². The Balaban J connectivity index is 1.74. The number of aromatic nitrogens is 2. The molecule has 0 saturated carbocycles. The van der Waals surface area contributed by atoms with Crippen LogP contribution in [0.2, 0.25) is 0 Å². The van der Waals surface area contributed by atoms with Crippen LogP contribution in [0.1, 0.15) is 15.9 Å².